The van der Waals surface area contributed by atoms with Gasteiger partial charge in [-0.15, -0.1) is 0 Å². The first-order valence-corrected chi connectivity index (χ1v) is 11.6. The van der Waals surface area contributed by atoms with Crippen molar-refractivity contribution in [1.29, 1.82) is 0 Å². The molecule has 4 aliphatic rings. The van der Waals surface area contributed by atoms with Gasteiger partial charge in [-0.25, -0.2) is 0 Å². The van der Waals surface area contributed by atoms with E-state index < -0.39 is 5.60 Å². The number of fused-ring (bicyclic) bond motifs is 5. The molecule has 0 aliphatic heterocycles. The van der Waals surface area contributed by atoms with E-state index in [-0.39, 0.29) is 28.4 Å². The Hall–Kier alpha value is -1.45. The summed E-state index contributed by atoms with van der Waals surface area (Å²) in [5.74, 6) is 1.92. The number of hydrogen-bond donors (Lipinski definition) is 0. The van der Waals surface area contributed by atoms with Gasteiger partial charge in [0.2, 0.25) is 0 Å². The molecule has 0 bridgehead atoms. The standard InChI is InChI=1S/C25H36O4/c1-6-22(28)29-25(16(3)26)12-9-20-18-13-15(2)21-14-17(27)7-10-23(21,4)19(18)8-11-24(20,25)5/h14-15,18-20H,6-13H2,1-5H3/t15-,18+,19-,20-,23+,24-,25-/m0/s1. The zero-order chi connectivity index (χ0) is 21.2. The highest BCUT2D eigenvalue weighted by Gasteiger charge is 2.68. The van der Waals surface area contributed by atoms with Gasteiger partial charge in [0.05, 0.1) is 0 Å². The number of ether oxygens (including phenoxy) is 1. The van der Waals surface area contributed by atoms with Gasteiger partial charge < -0.3 is 4.74 Å². The number of esters is 1. The van der Waals surface area contributed by atoms with Crippen LogP contribution in [0.5, 0.6) is 0 Å². The molecule has 0 aromatic heterocycles. The Labute approximate surface area is 174 Å². The third-order valence-electron chi connectivity index (χ3n) is 9.54. The lowest BCUT2D eigenvalue weighted by atomic mass is 9.44. The first-order valence-electron chi connectivity index (χ1n) is 11.6. The molecular weight excluding hydrogens is 364 g/mol. The van der Waals surface area contributed by atoms with Gasteiger partial charge in [-0.1, -0.05) is 33.3 Å². The fourth-order valence-corrected chi connectivity index (χ4v) is 8.07. The maximum absolute atomic E-state index is 12.9. The quantitative estimate of drug-likeness (QED) is 0.622. The van der Waals surface area contributed by atoms with Crippen LogP contribution in [0.2, 0.25) is 0 Å². The van der Waals surface area contributed by atoms with Crippen molar-refractivity contribution in [3.05, 3.63) is 11.6 Å². The normalized spacial score (nSPS) is 46.2. The van der Waals surface area contributed by atoms with E-state index in [9.17, 15) is 14.4 Å². The Bertz CT molecular complexity index is 782. The maximum atomic E-state index is 12.9. The van der Waals surface area contributed by atoms with Crippen LogP contribution in [0.1, 0.15) is 86.0 Å². The fraction of sp³-hybridized carbons (Fsp3) is 0.800. The summed E-state index contributed by atoms with van der Waals surface area (Å²) in [5.41, 5.74) is 0.219. The average molecular weight is 401 g/mol. The Morgan fingerprint density at radius 1 is 1.14 bits per heavy atom. The molecule has 0 aromatic carbocycles. The molecule has 7 atom stereocenters. The number of allylic oxidation sites excluding steroid dienone is 1. The van der Waals surface area contributed by atoms with Gasteiger partial charge in [-0.3, -0.25) is 14.4 Å². The molecule has 0 saturated heterocycles. The first-order chi connectivity index (χ1) is 13.6. The minimum Gasteiger partial charge on any atom is -0.450 e. The van der Waals surface area contributed by atoms with Gasteiger partial charge in [0.1, 0.15) is 0 Å². The van der Waals surface area contributed by atoms with E-state index in [4.69, 9.17) is 4.74 Å². The van der Waals surface area contributed by atoms with Crippen molar-refractivity contribution in [1.82, 2.24) is 0 Å². The van der Waals surface area contributed by atoms with Gasteiger partial charge in [0, 0.05) is 18.3 Å². The van der Waals surface area contributed by atoms with Gasteiger partial charge in [0.25, 0.3) is 0 Å². The second-order valence-corrected chi connectivity index (χ2v) is 10.7. The van der Waals surface area contributed by atoms with E-state index in [1.165, 1.54) is 5.57 Å². The second-order valence-electron chi connectivity index (χ2n) is 10.7. The zero-order valence-electron chi connectivity index (χ0n) is 18.7. The van der Waals surface area contributed by atoms with E-state index >= 15 is 0 Å². The van der Waals surface area contributed by atoms with Crippen LogP contribution in [-0.2, 0) is 19.1 Å². The van der Waals surface area contributed by atoms with Crippen molar-refractivity contribution >= 4 is 17.5 Å². The summed E-state index contributed by atoms with van der Waals surface area (Å²) in [6.45, 7) is 10.3. The minimum absolute atomic E-state index is 0.0154. The molecule has 4 nitrogen and oxygen atoms in total. The van der Waals surface area contributed by atoms with Crippen molar-refractivity contribution in [3.8, 4) is 0 Å². The molecule has 3 saturated carbocycles. The molecule has 0 unspecified atom stereocenters. The third-order valence-corrected chi connectivity index (χ3v) is 9.54. The highest BCUT2D eigenvalue weighted by Crippen LogP contribution is 2.69. The lowest BCUT2D eigenvalue weighted by Gasteiger charge is -2.60. The predicted molar refractivity (Wildman–Crippen MR) is 111 cm³/mol. The van der Waals surface area contributed by atoms with Crippen LogP contribution in [0.25, 0.3) is 0 Å². The largest absolute Gasteiger partial charge is 0.450 e. The molecular formula is C25H36O4. The Kier molecular flexibility index (Phi) is 4.87. The molecule has 3 fully saturated rings. The van der Waals surface area contributed by atoms with E-state index in [0.29, 0.717) is 42.9 Å². The minimum atomic E-state index is -0.960. The van der Waals surface area contributed by atoms with Crippen molar-refractivity contribution < 1.29 is 19.1 Å². The molecule has 160 valence electrons. The summed E-state index contributed by atoms with van der Waals surface area (Å²) in [4.78, 5) is 37.3. The van der Waals surface area contributed by atoms with Gasteiger partial charge in [-0.05, 0) is 80.6 Å². The molecule has 4 rings (SSSR count). The first kappa shape index (κ1) is 20.8. The molecule has 4 aliphatic carbocycles. The molecule has 0 aromatic rings. The van der Waals surface area contributed by atoms with Crippen LogP contribution in [0, 0.1) is 34.5 Å². The second kappa shape index (κ2) is 6.78. The lowest BCUT2D eigenvalue weighted by molar-refractivity contribution is -0.189. The molecule has 0 radical (unpaired) electrons. The molecule has 0 N–H and O–H groups in total. The van der Waals surface area contributed by atoms with E-state index in [2.05, 4.69) is 20.8 Å². The van der Waals surface area contributed by atoms with Crippen LogP contribution in [0.3, 0.4) is 0 Å². The van der Waals surface area contributed by atoms with Crippen molar-refractivity contribution in [2.24, 2.45) is 34.5 Å². The van der Waals surface area contributed by atoms with Gasteiger partial charge in [0.15, 0.2) is 17.2 Å². The summed E-state index contributed by atoms with van der Waals surface area (Å²) in [5, 5.41) is 0. The van der Waals surface area contributed by atoms with Crippen LogP contribution >= 0.6 is 0 Å². The number of carbonyl (C=O) groups excluding carboxylic acids is 3. The van der Waals surface area contributed by atoms with Crippen molar-refractivity contribution in [2.75, 3.05) is 0 Å². The summed E-state index contributed by atoms with van der Waals surface area (Å²) in [7, 11) is 0. The van der Waals surface area contributed by atoms with Crippen molar-refractivity contribution in [3.63, 3.8) is 0 Å². The number of ketones is 2. The number of hydrogen-bond acceptors (Lipinski definition) is 4. The summed E-state index contributed by atoms with van der Waals surface area (Å²) >= 11 is 0. The van der Waals surface area contributed by atoms with Gasteiger partial charge >= 0.3 is 5.97 Å². The van der Waals surface area contributed by atoms with Crippen LogP contribution in [0.15, 0.2) is 11.6 Å². The SMILES string of the molecule is CCC(=O)O[C@]1(C(C)=O)CC[C@H]2[C@@H]3C[C@H](C)C4=CC(=O)CC[C@]4(C)[C@H]3CC[C@@]21C. The number of carbonyl (C=O) groups is 3. The smallest absolute Gasteiger partial charge is 0.306 e. The molecule has 0 amide bonds. The molecule has 29 heavy (non-hydrogen) atoms. The Morgan fingerprint density at radius 2 is 1.83 bits per heavy atom. The third kappa shape index (κ3) is 2.73. The zero-order valence-corrected chi connectivity index (χ0v) is 18.7. The summed E-state index contributed by atoms with van der Waals surface area (Å²) < 4.78 is 5.99. The van der Waals surface area contributed by atoms with Gasteiger partial charge in [-0.2, -0.15) is 0 Å². The highest BCUT2D eigenvalue weighted by atomic mass is 16.6. The lowest BCUT2D eigenvalue weighted by Crippen LogP contribution is -2.59. The topological polar surface area (TPSA) is 60.4 Å². The van der Waals surface area contributed by atoms with Crippen molar-refractivity contribution in [2.45, 2.75) is 91.6 Å². The number of rotatable bonds is 3. The van der Waals surface area contributed by atoms with Crippen LogP contribution < -0.4 is 0 Å². The maximum Gasteiger partial charge on any atom is 0.306 e. The predicted octanol–water partition coefficient (Wildman–Crippen LogP) is 5.05. The van der Waals surface area contributed by atoms with E-state index in [1.54, 1.807) is 13.8 Å². The monoisotopic (exact) mass is 400 g/mol. The number of Topliss-reactive ketones (excluding diaryl/α,β-unsaturated/α-hetero) is 1. The molecule has 0 heterocycles. The van der Waals surface area contributed by atoms with Crippen LogP contribution in [-0.4, -0.2) is 23.1 Å². The fourth-order valence-electron chi connectivity index (χ4n) is 8.07. The molecule has 0 spiro atoms. The Morgan fingerprint density at radius 3 is 2.48 bits per heavy atom. The average Bonchev–Trinajstić information content (AvgIpc) is 2.97. The van der Waals surface area contributed by atoms with Crippen LogP contribution in [0.4, 0.5) is 0 Å². The summed E-state index contributed by atoms with van der Waals surface area (Å²) in [6, 6.07) is 0. The van der Waals surface area contributed by atoms with E-state index in [1.807, 2.05) is 6.08 Å². The Balaban J connectivity index is 1.72. The summed E-state index contributed by atoms with van der Waals surface area (Å²) in [6.07, 6.45) is 8.52. The highest BCUT2D eigenvalue weighted by molar-refractivity contribution is 5.92. The molecule has 4 heteroatoms. The van der Waals surface area contributed by atoms with E-state index in [0.717, 1.165) is 32.1 Å².